The van der Waals surface area contributed by atoms with Crippen LogP contribution in [0.4, 0.5) is 0 Å². The zero-order valence-corrected chi connectivity index (χ0v) is 14.3. The number of rotatable bonds is 7. The summed E-state index contributed by atoms with van der Waals surface area (Å²) < 4.78 is 5.31. The van der Waals surface area contributed by atoms with Gasteiger partial charge in [0.05, 0.1) is 14.2 Å². The molecule has 1 fully saturated rings. The molecule has 1 aromatic rings. The minimum Gasteiger partial charge on any atom is -0.481 e. The maximum absolute atomic E-state index is 12.1. The van der Waals surface area contributed by atoms with Crippen molar-refractivity contribution in [1.82, 2.24) is 14.9 Å². The number of hydroxylamine groups is 2. The molecular weight excluding hydrogens is 294 g/mol. The van der Waals surface area contributed by atoms with Gasteiger partial charge in [-0.3, -0.25) is 14.5 Å². The first-order valence-electron chi connectivity index (χ1n) is 8.22. The Balaban J connectivity index is 1.81. The Morgan fingerprint density at radius 3 is 2.74 bits per heavy atom. The van der Waals surface area contributed by atoms with Gasteiger partial charge >= 0.3 is 0 Å². The Labute approximate surface area is 138 Å². The van der Waals surface area contributed by atoms with Crippen molar-refractivity contribution >= 4 is 5.91 Å². The Kier molecular flexibility index (Phi) is 6.80. The lowest BCUT2D eigenvalue weighted by atomic mass is 9.93. The SMILES string of the molecule is CCN(OC)C(=O)CC1CCN(Cc2cccnc2OC)CC1. The molecule has 6 heteroatoms. The lowest BCUT2D eigenvalue weighted by molar-refractivity contribution is -0.176. The monoisotopic (exact) mass is 321 g/mol. The largest absolute Gasteiger partial charge is 0.481 e. The van der Waals surface area contributed by atoms with E-state index < -0.39 is 0 Å². The summed E-state index contributed by atoms with van der Waals surface area (Å²) in [5.41, 5.74) is 1.11. The topological polar surface area (TPSA) is 54.9 Å². The number of carbonyl (C=O) groups excluding carboxylic acids is 1. The molecule has 23 heavy (non-hydrogen) atoms. The quantitative estimate of drug-likeness (QED) is 0.720. The molecule has 0 N–H and O–H groups in total. The van der Waals surface area contributed by atoms with Gasteiger partial charge < -0.3 is 4.74 Å². The molecule has 0 saturated carbocycles. The first-order chi connectivity index (χ1) is 11.2. The number of ether oxygens (including phenoxy) is 1. The summed E-state index contributed by atoms with van der Waals surface area (Å²) >= 11 is 0. The second-order valence-corrected chi connectivity index (χ2v) is 5.87. The Morgan fingerprint density at radius 2 is 2.13 bits per heavy atom. The number of amides is 1. The third-order valence-electron chi connectivity index (χ3n) is 4.39. The molecule has 0 unspecified atom stereocenters. The van der Waals surface area contributed by atoms with Gasteiger partial charge in [-0.15, -0.1) is 0 Å². The van der Waals surface area contributed by atoms with E-state index in [4.69, 9.17) is 9.57 Å². The first-order valence-corrected chi connectivity index (χ1v) is 8.22. The van der Waals surface area contributed by atoms with Crippen LogP contribution in [0.5, 0.6) is 5.88 Å². The molecule has 1 aliphatic rings. The number of hydrogen-bond acceptors (Lipinski definition) is 5. The number of aromatic nitrogens is 1. The van der Waals surface area contributed by atoms with E-state index in [2.05, 4.69) is 16.0 Å². The van der Waals surface area contributed by atoms with E-state index in [0.29, 0.717) is 24.8 Å². The second kappa shape index (κ2) is 8.84. The van der Waals surface area contributed by atoms with Crippen molar-refractivity contribution < 1.29 is 14.4 Å². The first kappa shape index (κ1) is 17.7. The van der Waals surface area contributed by atoms with Crippen molar-refractivity contribution in [2.75, 3.05) is 33.9 Å². The zero-order valence-electron chi connectivity index (χ0n) is 14.3. The molecule has 0 bridgehead atoms. The summed E-state index contributed by atoms with van der Waals surface area (Å²) in [6.07, 6.45) is 4.40. The number of nitrogens with zero attached hydrogens (tertiary/aromatic N) is 3. The summed E-state index contributed by atoms with van der Waals surface area (Å²) in [4.78, 5) is 23.8. The van der Waals surface area contributed by atoms with E-state index in [1.807, 2.05) is 13.0 Å². The summed E-state index contributed by atoms with van der Waals surface area (Å²) in [6.45, 7) is 5.35. The summed E-state index contributed by atoms with van der Waals surface area (Å²) in [5.74, 6) is 1.23. The highest BCUT2D eigenvalue weighted by Crippen LogP contribution is 2.24. The van der Waals surface area contributed by atoms with Crippen molar-refractivity contribution in [3.05, 3.63) is 23.9 Å². The Hall–Kier alpha value is -1.66. The van der Waals surface area contributed by atoms with Gasteiger partial charge in [0.25, 0.3) is 0 Å². The van der Waals surface area contributed by atoms with Crippen molar-refractivity contribution in [3.63, 3.8) is 0 Å². The summed E-state index contributed by atoms with van der Waals surface area (Å²) in [5, 5.41) is 1.44. The van der Waals surface area contributed by atoms with Crippen LogP contribution in [0.2, 0.25) is 0 Å². The molecule has 1 saturated heterocycles. The average molecular weight is 321 g/mol. The molecule has 2 heterocycles. The van der Waals surface area contributed by atoms with E-state index in [0.717, 1.165) is 38.0 Å². The smallest absolute Gasteiger partial charge is 0.246 e. The van der Waals surface area contributed by atoms with E-state index in [1.165, 1.54) is 5.06 Å². The van der Waals surface area contributed by atoms with E-state index >= 15 is 0 Å². The summed E-state index contributed by atoms with van der Waals surface area (Å²) in [7, 11) is 3.20. The normalized spacial score (nSPS) is 16.3. The molecule has 0 radical (unpaired) electrons. The second-order valence-electron chi connectivity index (χ2n) is 5.87. The molecule has 1 aromatic heterocycles. The highest BCUT2D eigenvalue weighted by molar-refractivity contribution is 5.75. The lowest BCUT2D eigenvalue weighted by Crippen LogP contribution is -2.36. The fourth-order valence-corrected chi connectivity index (χ4v) is 3.07. The number of methoxy groups -OCH3 is 1. The fraction of sp³-hybridized carbons (Fsp3) is 0.647. The lowest BCUT2D eigenvalue weighted by Gasteiger charge is -2.32. The zero-order chi connectivity index (χ0) is 16.7. The van der Waals surface area contributed by atoms with E-state index in [-0.39, 0.29) is 5.91 Å². The molecule has 0 atom stereocenters. The molecule has 1 aliphatic heterocycles. The molecule has 6 nitrogen and oxygen atoms in total. The van der Waals surface area contributed by atoms with E-state index in [1.54, 1.807) is 20.4 Å². The highest BCUT2D eigenvalue weighted by atomic mass is 16.7. The number of carbonyl (C=O) groups is 1. The van der Waals surface area contributed by atoms with Crippen molar-refractivity contribution in [3.8, 4) is 5.88 Å². The fourth-order valence-electron chi connectivity index (χ4n) is 3.07. The van der Waals surface area contributed by atoms with Gasteiger partial charge in [-0.1, -0.05) is 6.07 Å². The van der Waals surface area contributed by atoms with Gasteiger partial charge in [-0.05, 0) is 44.8 Å². The minimum atomic E-state index is 0.0855. The summed E-state index contributed by atoms with van der Waals surface area (Å²) in [6, 6.07) is 3.99. The predicted molar refractivity (Wildman–Crippen MR) is 87.8 cm³/mol. The minimum absolute atomic E-state index is 0.0855. The van der Waals surface area contributed by atoms with Crippen molar-refractivity contribution in [1.29, 1.82) is 0 Å². The van der Waals surface area contributed by atoms with Crippen LogP contribution in [0, 0.1) is 5.92 Å². The van der Waals surface area contributed by atoms with Crippen molar-refractivity contribution in [2.24, 2.45) is 5.92 Å². The van der Waals surface area contributed by atoms with Crippen LogP contribution in [0.15, 0.2) is 18.3 Å². The number of hydrogen-bond donors (Lipinski definition) is 0. The van der Waals surface area contributed by atoms with Crippen LogP contribution < -0.4 is 4.74 Å². The van der Waals surface area contributed by atoms with Crippen LogP contribution >= 0.6 is 0 Å². The number of likely N-dealkylation sites (tertiary alicyclic amines) is 1. The predicted octanol–water partition coefficient (Wildman–Crippen LogP) is 2.10. The highest BCUT2D eigenvalue weighted by Gasteiger charge is 2.24. The molecule has 1 amide bonds. The molecule has 2 rings (SSSR count). The molecule has 0 spiro atoms. The molecular formula is C17H27N3O3. The third-order valence-corrected chi connectivity index (χ3v) is 4.39. The number of piperidine rings is 1. The van der Waals surface area contributed by atoms with E-state index in [9.17, 15) is 4.79 Å². The maximum atomic E-state index is 12.1. The van der Waals surface area contributed by atoms with Gasteiger partial charge in [0, 0.05) is 31.3 Å². The van der Waals surface area contributed by atoms with Gasteiger partial charge in [-0.2, -0.15) is 0 Å². The van der Waals surface area contributed by atoms with Crippen LogP contribution in [0.1, 0.15) is 31.7 Å². The number of pyridine rings is 1. The van der Waals surface area contributed by atoms with Gasteiger partial charge in [0.15, 0.2) is 0 Å². The van der Waals surface area contributed by atoms with Gasteiger partial charge in [-0.25, -0.2) is 10.0 Å². The van der Waals surface area contributed by atoms with Crippen molar-refractivity contribution in [2.45, 2.75) is 32.7 Å². The van der Waals surface area contributed by atoms with Gasteiger partial charge in [0.2, 0.25) is 11.8 Å². The molecule has 0 aromatic carbocycles. The van der Waals surface area contributed by atoms with Crippen LogP contribution in [-0.4, -0.2) is 54.7 Å². The average Bonchev–Trinajstić information content (AvgIpc) is 2.58. The third kappa shape index (κ3) is 4.91. The maximum Gasteiger partial charge on any atom is 0.246 e. The molecule has 128 valence electrons. The van der Waals surface area contributed by atoms with Gasteiger partial charge in [0.1, 0.15) is 0 Å². The molecule has 0 aliphatic carbocycles. The Bertz CT molecular complexity index is 498. The Morgan fingerprint density at radius 1 is 1.39 bits per heavy atom. The van der Waals surface area contributed by atoms with Crippen LogP contribution in [-0.2, 0) is 16.2 Å². The van der Waals surface area contributed by atoms with Crippen LogP contribution in [0.25, 0.3) is 0 Å². The van der Waals surface area contributed by atoms with Crippen LogP contribution in [0.3, 0.4) is 0 Å². The standard InChI is InChI=1S/C17H27N3O3/c1-4-20(23-3)16(21)12-14-7-10-19(11-8-14)13-15-6-5-9-18-17(15)22-2/h5-6,9,14H,4,7-8,10-13H2,1-3H3.